The molecule has 1 fully saturated rings. The molecule has 0 saturated heterocycles. The van der Waals surface area contributed by atoms with Crippen LogP contribution in [-0.4, -0.2) is 41.5 Å². The predicted molar refractivity (Wildman–Crippen MR) is 79.7 cm³/mol. The number of carbonyl (C=O) groups excluding carboxylic acids is 1. The van der Waals surface area contributed by atoms with Crippen molar-refractivity contribution in [3.63, 3.8) is 0 Å². The zero-order valence-corrected chi connectivity index (χ0v) is 13.2. The van der Waals surface area contributed by atoms with Gasteiger partial charge in [0, 0.05) is 18.1 Å². The third-order valence-electron chi connectivity index (χ3n) is 3.49. The lowest BCUT2D eigenvalue weighted by Crippen LogP contribution is -2.53. The quantitative estimate of drug-likeness (QED) is 0.693. The average Bonchev–Trinajstić information content (AvgIpc) is 2.53. The molecular weight excluding hydrogens is 256 g/mol. The largest absolute Gasteiger partial charge is 0.444 e. The van der Waals surface area contributed by atoms with Crippen LogP contribution in [-0.2, 0) is 4.74 Å². The smallest absolute Gasteiger partial charge is 0.407 e. The highest BCUT2D eigenvalue weighted by Gasteiger charge is 2.27. The van der Waals surface area contributed by atoms with Gasteiger partial charge in [-0.15, -0.1) is 0 Å². The molecule has 20 heavy (non-hydrogen) atoms. The highest BCUT2D eigenvalue weighted by atomic mass is 16.6. The predicted octanol–water partition coefficient (Wildman–Crippen LogP) is 2.18. The average molecular weight is 286 g/mol. The van der Waals surface area contributed by atoms with Crippen LogP contribution in [0.25, 0.3) is 0 Å². The topological polar surface area (TPSA) is 70.6 Å². The van der Waals surface area contributed by atoms with E-state index in [0.717, 1.165) is 25.7 Å². The lowest BCUT2D eigenvalue weighted by molar-refractivity contribution is 0.0487. The monoisotopic (exact) mass is 286 g/mol. The Morgan fingerprint density at radius 1 is 1.25 bits per heavy atom. The van der Waals surface area contributed by atoms with Crippen LogP contribution >= 0.6 is 0 Å². The minimum Gasteiger partial charge on any atom is -0.444 e. The summed E-state index contributed by atoms with van der Waals surface area (Å²) in [5, 5.41) is 15.6. The van der Waals surface area contributed by atoms with Crippen LogP contribution in [0.4, 0.5) is 4.79 Å². The first-order valence-corrected chi connectivity index (χ1v) is 7.68. The number of carbonyl (C=O) groups is 1. The lowest BCUT2D eigenvalue weighted by atomic mass is 10.0. The maximum Gasteiger partial charge on any atom is 0.407 e. The Kier molecular flexibility index (Phi) is 6.76. The number of hydrogen-bond acceptors (Lipinski definition) is 4. The van der Waals surface area contributed by atoms with Gasteiger partial charge in [-0.05, 0) is 40.5 Å². The van der Waals surface area contributed by atoms with Crippen LogP contribution in [0.3, 0.4) is 0 Å². The molecule has 0 aromatic heterocycles. The summed E-state index contributed by atoms with van der Waals surface area (Å²) < 4.78 is 5.33. The van der Waals surface area contributed by atoms with Crippen LogP contribution in [0.5, 0.6) is 0 Å². The summed E-state index contributed by atoms with van der Waals surface area (Å²) in [6, 6.07) is 0.314. The maximum atomic E-state index is 11.9. The van der Waals surface area contributed by atoms with E-state index in [1.807, 2.05) is 27.7 Å². The molecule has 1 aliphatic rings. The number of alkyl carbamates (subject to hydrolysis) is 1. The molecule has 5 heteroatoms. The number of nitrogens with one attached hydrogen (secondary N) is 2. The van der Waals surface area contributed by atoms with E-state index in [-0.39, 0.29) is 30.8 Å². The van der Waals surface area contributed by atoms with Crippen molar-refractivity contribution >= 4 is 6.09 Å². The number of hydrogen-bond donors (Lipinski definition) is 3. The Morgan fingerprint density at radius 2 is 1.85 bits per heavy atom. The van der Waals surface area contributed by atoms with Crippen molar-refractivity contribution < 1.29 is 14.6 Å². The molecule has 1 saturated carbocycles. The SMILES string of the molecule is C[C@H](CO)N[C@@H]1CCCCC[C@H]1NC(=O)OC(C)(C)C. The summed E-state index contributed by atoms with van der Waals surface area (Å²) in [6.07, 6.45) is 5.08. The van der Waals surface area contributed by atoms with Gasteiger partial charge >= 0.3 is 6.09 Å². The molecule has 1 aliphatic carbocycles. The van der Waals surface area contributed by atoms with Crippen molar-refractivity contribution in [1.82, 2.24) is 10.6 Å². The van der Waals surface area contributed by atoms with Crippen LogP contribution in [0, 0.1) is 0 Å². The van der Waals surface area contributed by atoms with Crippen LogP contribution in [0.2, 0.25) is 0 Å². The second kappa shape index (κ2) is 7.84. The molecule has 0 aliphatic heterocycles. The van der Waals surface area contributed by atoms with Crippen molar-refractivity contribution in [2.24, 2.45) is 0 Å². The van der Waals surface area contributed by atoms with Crippen LogP contribution in [0.1, 0.15) is 59.8 Å². The molecule has 0 radical (unpaired) electrons. The Hall–Kier alpha value is -0.810. The fourth-order valence-corrected chi connectivity index (χ4v) is 2.56. The molecule has 0 unspecified atom stereocenters. The number of ether oxygens (including phenoxy) is 1. The van der Waals surface area contributed by atoms with Gasteiger partial charge in [-0.1, -0.05) is 19.3 Å². The second-order valence-corrected chi connectivity index (χ2v) is 6.75. The molecule has 0 bridgehead atoms. The van der Waals surface area contributed by atoms with E-state index in [1.165, 1.54) is 6.42 Å². The molecule has 3 atom stereocenters. The van der Waals surface area contributed by atoms with E-state index < -0.39 is 5.60 Å². The van der Waals surface area contributed by atoms with E-state index in [4.69, 9.17) is 4.74 Å². The van der Waals surface area contributed by atoms with Gasteiger partial charge in [0.25, 0.3) is 0 Å². The summed E-state index contributed by atoms with van der Waals surface area (Å²) in [5.74, 6) is 0. The Labute approximate surface area is 122 Å². The Bertz CT molecular complexity index is 302. The van der Waals surface area contributed by atoms with Gasteiger partial charge < -0.3 is 20.5 Å². The van der Waals surface area contributed by atoms with Crippen molar-refractivity contribution in [2.75, 3.05) is 6.61 Å². The number of rotatable bonds is 4. The van der Waals surface area contributed by atoms with Crippen molar-refractivity contribution in [1.29, 1.82) is 0 Å². The van der Waals surface area contributed by atoms with Gasteiger partial charge in [0.1, 0.15) is 5.60 Å². The zero-order valence-electron chi connectivity index (χ0n) is 13.2. The zero-order chi connectivity index (χ0) is 15.2. The standard InChI is InChI=1S/C15H30N2O3/c1-11(10-18)16-12-8-6-5-7-9-13(12)17-14(19)20-15(2,3)4/h11-13,16,18H,5-10H2,1-4H3,(H,17,19)/t11-,12-,13-/m1/s1. The van der Waals surface area contributed by atoms with Gasteiger partial charge in [0.05, 0.1) is 6.61 Å². The molecule has 0 aromatic rings. The Balaban J connectivity index is 2.58. The van der Waals surface area contributed by atoms with E-state index in [9.17, 15) is 9.90 Å². The number of aliphatic hydroxyl groups is 1. The summed E-state index contributed by atoms with van der Waals surface area (Å²) in [7, 11) is 0. The first-order chi connectivity index (χ1) is 9.31. The molecule has 0 spiro atoms. The third kappa shape index (κ3) is 6.57. The fourth-order valence-electron chi connectivity index (χ4n) is 2.56. The molecule has 1 amide bonds. The summed E-state index contributed by atoms with van der Waals surface area (Å²) >= 11 is 0. The molecule has 0 aromatic carbocycles. The highest BCUT2D eigenvalue weighted by molar-refractivity contribution is 5.68. The minimum atomic E-state index is -0.476. The summed E-state index contributed by atoms with van der Waals surface area (Å²) in [6.45, 7) is 7.65. The van der Waals surface area contributed by atoms with Crippen LogP contribution in [0.15, 0.2) is 0 Å². The minimum absolute atomic E-state index is 0.0426. The van der Waals surface area contributed by atoms with E-state index >= 15 is 0 Å². The van der Waals surface area contributed by atoms with Crippen molar-refractivity contribution in [2.45, 2.75) is 83.5 Å². The number of aliphatic hydroxyl groups excluding tert-OH is 1. The maximum absolute atomic E-state index is 11.9. The van der Waals surface area contributed by atoms with Gasteiger partial charge in [0.15, 0.2) is 0 Å². The second-order valence-electron chi connectivity index (χ2n) is 6.75. The van der Waals surface area contributed by atoms with Gasteiger partial charge in [0.2, 0.25) is 0 Å². The number of amides is 1. The lowest BCUT2D eigenvalue weighted by Gasteiger charge is -2.30. The molecule has 118 valence electrons. The molecule has 5 nitrogen and oxygen atoms in total. The molecule has 0 heterocycles. The van der Waals surface area contributed by atoms with Gasteiger partial charge in [-0.2, -0.15) is 0 Å². The normalized spacial score (nSPS) is 25.6. The summed E-state index contributed by atoms with van der Waals surface area (Å²) in [5.41, 5.74) is -0.476. The molecule has 1 rings (SSSR count). The van der Waals surface area contributed by atoms with E-state index in [0.29, 0.717) is 0 Å². The van der Waals surface area contributed by atoms with Gasteiger partial charge in [-0.3, -0.25) is 0 Å². The highest BCUT2D eigenvalue weighted by Crippen LogP contribution is 2.19. The van der Waals surface area contributed by atoms with Crippen LogP contribution < -0.4 is 10.6 Å². The van der Waals surface area contributed by atoms with E-state index in [1.54, 1.807) is 0 Å². The van der Waals surface area contributed by atoms with E-state index in [2.05, 4.69) is 10.6 Å². The first-order valence-electron chi connectivity index (χ1n) is 7.68. The van der Waals surface area contributed by atoms with Crippen molar-refractivity contribution in [3.8, 4) is 0 Å². The van der Waals surface area contributed by atoms with Gasteiger partial charge in [-0.25, -0.2) is 4.79 Å². The first kappa shape index (κ1) is 17.2. The molecular formula is C15H30N2O3. The summed E-state index contributed by atoms with van der Waals surface area (Å²) in [4.78, 5) is 11.9. The third-order valence-corrected chi connectivity index (χ3v) is 3.49. The fraction of sp³-hybridized carbons (Fsp3) is 0.933. The van der Waals surface area contributed by atoms with Crippen molar-refractivity contribution in [3.05, 3.63) is 0 Å². The molecule has 3 N–H and O–H groups in total. The Morgan fingerprint density at radius 3 is 2.40 bits per heavy atom.